The predicted octanol–water partition coefficient (Wildman–Crippen LogP) is 4.17. The molecule has 108 valence electrons. The minimum atomic E-state index is -0.310. The maximum atomic E-state index is 9.54. The molecule has 0 spiro atoms. The molecule has 0 fully saturated rings. The molecule has 0 unspecified atom stereocenters. The Morgan fingerprint density at radius 1 is 0.944 bits per heavy atom. The van der Waals surface area contributed by atoms with Crippen molar-refractivity contribution >= 4 is 0 Å². The van der Waals surface area contributed by atoms with Crippen LogP contribution in [0.25, 0.3) is 0 Å². The van der Waals surface area contributed by atoms with Crippen LogP contribution in [0, 0.1) is 0 Å². The van der Waals surface area contributed by atoms with Crippen LogP contribution in [-0.4, -0.2) is 17.3 Å². The first-order valence-electron chi connectivity index (χ1n) is 7.73. The van der Waals surface area contributed by atoms with Gasteiger partial charge in [-0.2, -0.15) is 0 Å². The number of unbranched alkanes of at least 4 members (excludes halogenated alkanes) is 9. The van der Waals surface area contributed by atoms with Crippen molar-refractivity contribution in [3.63, 3.8) is 0 Å². The average Bonchev–Trinajstić information content (AvgIpc) is 2.35. The smallest absolute Gasteiger partial charge is 0.0688 e. The topological polar surface area (TPSA) is 46.2 Å². The van der Waals surface area contributed by atoms with Gasteiger partial charge in [0, 0.05) is 6.04 Å². The number of nitrogens with two attached hydrogens (primary N) is 1. The lowest BCUT2D eigenvalue weighted by Crippen LogP contribution is -2.31. The highest BCUT2D eigenvalue weighted by Gasteiger charge is 2.07. The fourth-order valence-corrected chi connectivity index (χ4v) is 2.14. The first-order chi connectivity index (χ1) is 8.68. The Morgan fingerprint density at radius 2 is 1.39 bits per heavy atom. The van der Waals surface area contributed by atoms with Crippen LogP contribution >= 0.6 is 0 Å². The van der Waals surface area contributed by atoms with Gasteiger partial charge in [-0.15, -0.1) is 6.58 Å². The first-order valence-corrected chi connectivity index (χ1v) is 7.73. The third kappa shape index (κ3) is 12.1. The molecule has 0 saturated carbocycles. The van der Waals surface area contributed by atoms with E-state index in [0.717, 1.165) is 12.8 Å². The standard InChI is InChI=1S/C16H33NO/c1-3-4-5-6-7-8-9-10-11-12-13-14-16(18)15(2)17/h3,15-16,18H,1,4-14,17H2,2H3/t15-,16+/m0/s1. The third-order valence-corrected chi connectivity index (χ3v) is 3.52. The second-order valence-corrected chi connectivity index (χ2v) is 5.47. The van der Waals surface area contributed by atoms with Crippen molar-refractivity contribution in [2.24, 2.45) is 5.73 Å². The Morgan fingerprint density at radius 3 is 1.83 bits per heavy atom. The molecule has 0 aliphatic heterocycles. The molecule has 0 aromatic carbocycles. The number of allylic oxidation sites excluding steroid dienone is 1. The molecule has 2 heteroatoms. The van der Waals surface area contributed by atoms with E-state index in [-0.39, 0.29) is 12.1 Å². The molecule has 2 nitrogen and oxygen atoms in total. The normalized spacial score (nSPS) is 14.4. The van der Waals surface area contributed by atoms with Gasteiger partial charge < -0.3 is 10.8 Å². The van der Waals surface area contributed by atoms with E-state index in [2.05, 4.69) is 6.58 Å². The first kappa shape index (κ1) is 17.7. The number of aliphatic hydroxyl groups excluding tert-OH is 1. The van der Waals surface area contributed by atoms with Gasteiger partial charge in [-0.1, -0.05) is 57.4 Å². The van der Waals surface area contributed by atoms with Gasteiger partial charge in [-0.25, -0.2) is 0 Å². The van der Waals surface area contributed by atoms with Crippen molar-refractivity contribution in [1.29, 1.82) is 0 Å². The van der Waals surface area contributed by atoms with Crippen LogP contribution in [0.1, 0.15) is 77.6 Å². The maximum absolute atomic E-state index is 9.54. The van der Waals surface area contributed by atoms with Gasteiger partial charge >= 0.3 is 0 Å². The molecule has 0 bridgehead atoms. The zero-order valence-corrected chi connectivity index (χ0v) is 12.2. The molecular formula is C16H33NO. The molecule has 0 aliphatic carbocycles. The zero-order valence-electron chi connectivity index (χ0n) is 12.2. The molecular weight excluding hydrogens is 222 g/mol. The van der Waals surface area contributed by atoms with Gasteiger partial charge in [0.15, 0.2) is 0 Å². The predicted molar refractivity (Wildman–Crippen MR) is 80.6 cm³/mol. The monoisotopic (exact) mass is 255 g/mol. The van der Waals surface area contributed by atoms with Crippen LogP contribution in [-0.2, 0) is 0 Å². The zero-order chi connectivity index (χ0) is 13.6. The number of hydrogen-bond acceptors (Lipinski definition) is 2. The van der Waals surface area contributed by atoms with Crippen molar-refractivity contribution in [1.82, 2.24) is 0 Å². The summed E-state index contributed by atoms with van der Waals surface area (Å²) in [6, 6.07) is -0.0828. The molecule has 2 atom stereocenters. The molecule has 3 N–H and O–H groups in total. The summed E-state index contributed by atoms with van der Waals surface area (Å²) < 4.78 is 0. The average molecular weight is 255 g/mol. The summed E-state index contributed by atoms with van der Waals surface area (Å²) in [5.74, 6) is 0. The van der Waals surface area contributed by atoms with Crippen LogP contribution in [0.3, 0.4) is 0 Å². The summed E-state index contributed by atoms with van der Waals surface area (Å²) in [6.45, 7) is 5.61. The lowest BCUT2D eigenvalue weighted by atomic mass is 10.0. The van der Waals surface area contributed by atoms with E-state index >= 15 is 0 Å². The summed E-state index contributed by atoms with van der Waals surface area (Å²) in [6.07, 6.45) is 15.5. The second kappa shape index (κ2) is 13.1. The number of rotatable bonds is 13. The largest absolute Gasteiger partial charge is 0.392 e. The fraction of sp³-hybridized carbons (Fsp3) is 0.875. The Kier molecular flexibility index (Phi) is 12.9. The van der Waals surface area contributed by atoms with Crippen molar-refractivity contribution < 1.29 is 5.11 Å². The highest BCUT2D eigenvalue weighted by molar-refractivity contribution is 4.66. The number of hydrogen-bond donors (Lipinski definition) is 2. The van der Waals surface area contributed by atoms with E-state index in [0.29, 0.717) is 0 Å². The maximum Gasteiger partial charge on any atom is 0.0688 e. The Hall–Kier alpha value is -0.340. The minimum Gasteiger partial charge on any atom is -0.392 e. The van der Waals surface area contributed by atoms with Crippen LogP contribution in [0.2, 0.25) is 0 Å². The van der Waals surface area contributed by atoms with Gasteiger partial charge in [-0.05, 0) is 26.2 Å². The van der Waals surface area contributed by atoms with Crippen molar-refractivity contribution in [2.45, 2.75) is 89.7 Å². The van der Waals surface area contributed by atoms with Crippen molar-refractivity contribution in [2.75, 3.05) is 0 Å². The van der Waals surface area contributed by atoms with E-state index in [1.807, 2.05) is 13.0 Å². The third-order valence-electron chi connectivity index (χ3n) is 3.52. The minimum absolute atomic E-state index is 0.0828. The Labute approximate surface area is 114 Å². The van der Waals surface area contributed by atoms with Gasteiger partial charge in [0.05, 0.1) is 6.10 Å². The lowest BCUT2D eigenvalue weighted by Gasteiger charge is -2.13. The molecule has 18 heavy (non-hydrogen) atoms. The van der Waals surface area contributed by atoms with Gasteiger partial charge in [0.1, 0.15) is 0 Å². The Bertz CT molecular complexity index is 180. The van der Waals surface area contributed by atoms with Crippen molar-refractivity contribution in [3.8, 4) is 0 Å². The molecule has 0 aliphatic rings. The summed E-state index contributed by atoms with van der Waals surface area (Å²) in [4.78, 5) is 0. The second-order valence-electron chi connectivity index (χ2n) is 5.47. The lowest BCUT2D eigenvalue weighted by molar-refractivity contribution is 0.138. The molecule has 0 amide bonds. The Balaban J connectivity index is 3.05. The summed E-state index contributed by atoms with van der Waals surface area (Å²) >= 11 is 0. The highest BCUT2D eigenvalue weighted by atomic mass is 16.3. The highest BCUT2D eigenvalue weighted by Crippen LogP contribution is 2.12. The molecule has 0 radical (unpaired) electrons. The summed E-state index contributed by atoms with van der Waals surface area (Å²) in [7, 11) is 0. The van der Waals surface area contributed by atoms with Gasteiger partial charge in [0.25, 0.3) is 0 Å². The fourth-order valence-electron chi connectivity index (χ4n) is 2.14. The van der Waals surface area contributed by atoms with E-state index < -0.39 is 0 Å². The van der Waals surface area contributed by atoms with Crippen LogP contribution in [0.5, 0.6) is 0 Å². The van der Waals surface area contributed by atoms with Crippen LogP contribution in [0.15, 0.2) is 12.7 Å². The summed E-state index contributed by atoms with van der Waals surface area (Å²) in [5.41, 5.74) is 5.61. The quantitative estimate of drug-likeness (QED) is 0.383. The molecule has 0 aromatic rings. The van der Waals surface area contributed by atoms with E-state index in [9.17, 15) is 5.11 Å². The molecule has 0 aromatic heterocycles. The van der Waals surface area contributed by atoms with E-state index in [4.69, 9.17) is 5.73 Å². The number of aliphatic hydroxyl groups is 1. The summed E-state index contributed by atoms with van der Waals surface area (Å²) in [5, 5.41) is 9.54. The van der Waals surface area contributed by atoms with E-state index in [1.54, 1.807) is 0 Å². The van der Waals surface area contributed by atoms with Crippen LogP contribution < -0.4 is 5.73 Å². The molecule has 0 saturated heterocycles. The van der Waals surface area contributed by atoms with Crippen molar-refractivity contribution in [3.05, 3.63) is 12.7 Å². The van der Waals surface area contributed by atoms with Gasteiger partial charge in [0.2, 0.25) is 0 Å². The van der Waals surface area contributed by atoms with Gasteiger partial charge in [-0.3, -0.25) is 0 Å². The molecule has 0 heterocycles. The van der Waals surface area contributed by atoms with E-state index in [1.165, 1.54) is 57.8 Å². The molecule has 0 rings (SSSR count). The SMILES string of the molecule is C=CCCCCCCCCCCC[C@@H](O)[C@H](C)N. The van der Waals surface area contributed by atoms with Crippen LogP contribution in [0.4, 0.5) is 0 Å².